The van der Waals surface area contributed by atoms with Crippen molar-refractivity contribution < 1.29 is 4.79 Å². The van der Waals surface area contributed by atoms with Crippen LogP contribution in [0.1, 0.15) is 33.9 Å². The molecule has 0 radical (unpaired) electrons. The fourth-order valence-electron chi connectivity index (χ4n) is 2.77. The van der Waals surface area contributed by atoms with E-state index in [0.29, 0.717) is 11.4 Å². The lowest BCUT2D eigenvalue weighted by Gasteiger charge is -2.20. The average Bonchev–Trinajstić information content (AvgIpc) is 2.62. The summed E-state index contributed by atoms with van der Waals surface area (Å²) in [6.45, 7) is 2.01. The Kier molecular flexibility index (Phi) is 6.12. The highest BCUT2D eigenvalue weighted by Gasteiger charge is 2.17. The normalized spacial score (nSPS) is 11.8. The smallest absolute Gasteiger partial charge is 0.165 e. The van der Waals surface area contributed by atoms with Gasteiger partial charge in [-0.25, -0.2) is 0 Å². The van der Waals surface area contributed by atoms with Crippen LogP contribution in [0, 0.1) is 6.92 Å². The number of carbonyl (C=O) groups is 1. The largest absolute Gasteiger partial charge is 0.378 e. The van der Waals surface area contributed by atoms with Gasteiger partial charge in [-0.2, -0.15) is 0 Å². The van der Waals surface area contributed by atoms with E-state index in [0.717, 1.165) is 26.9 Å². The summed E-state index contributed by atoms with van der Waals surface area (Å²) >= 11 is 9.51. The minimum absolute atomic E-state index is 0.104. The van der Waals surface area contributed by atoms with Crippen LogP contribution in [0.2, 0.25) is 5.02 Å². The number of hydrogen-bond donors (Lipinski definition) is 1. The first-order valence-corrected chi connectivity index (χ1v) is 9.56. The molecule has 0 fully saturated rings. The summed E-state index contributed by atoms with van der Waals surface area (Å²) in [5.41, 5.74) is 3.85. The lowest BCUT2D eigenvalue weighted by atomic mass is 9.97. The number of benzene rings is 3. The van der Waals surface area contributed by atoms with Crippen LogP contribution in [0.3, 0.4) is 0 Å². The molecule has 3 aromatic rings. The van der Waals surface area contributed by atoms with E-state index < -0.39 is 0 Å². The van der Waals surface area contributed by atoms with Gasteiger partial charge in [-0.3, -0.25) is 4.79 Å². The highest BCUT2D eigenvalue weighted by molar-refractivity contribution is 9.10. The Bertz CT molecular complexity index is 891. The monoisotopic (exact) mass is 427 g/mol. The summed E-state index contributed by atoms with van der Waals surface area (Å²) < 4.78 is 0.988. The highest BCUT2D eigenvalue weighted by Crippen LogP contribution is 2.27. The third-order valence-corrected chi connectivity index (χ3v) is 4.95. The van der Waals surface area contributed by atoms with Crippen LogP contribution >= 0.6 is 27.5 Å². The van der Waals surface area contributed by atoms with Crippen LogP contribution in [-0.2, 0) is 0 Å². The van der Waals surface area contributed by atoms with Gasteiger partial charge in [0.2, 0.25) is 0 Å². The van der Waals surface area contributed by atoms with Gasteiger partial charge in [0.05, 0.1) is 6.04 Å². The second-order valence-corrected chi connectivity index (χ2v) is 7.60. The molecule has 2 nitrogen and oxygen atoms in total. The highest BCUT2D eigenvalue weighted by atomic mass is 79.9. The van der Waals surface area contributed by atoms with Crippen molar-refractivity contribution in [1.29, 1.82) is 0 Å². The number of aryl methyl sites for hydroxylation is 1. The Balaban J connectivity index is 1.85. The molecule has 0 aliphatic carbocycles. The molecule has 0 unspecified atom stereocenters. The maximum absolute atomic E-state index is 12.8. The number of Topliss-reactive ketones (excluding diaryl/α,β-unsaturated/α-hetero) is 1. The third-order valence-electron chi connectivity index (χ3n) is 4.20. The first-order valence-electron chi connectivity index (χ1n) is 8.39. The van der Waals surface area contributed by atoms with Crippen molar-refractivity contribution in [2.45, 2.75) is 19.4 Å². The first kappa shape index (κ1) is 18.7. The zero-order valence-corrected chi connectivity index (χ0v) is 16.7. The van der Waals surface area contributed by atoms with Crippen LogP contribution in [0.4, 0.5) is 5.69 Å². The lowest BCUT2D eigenvalue weighted by Crippen LogP contribution is -2.16. The summed E-state index contributed by atoms with van der Waals surface area (Å²) in [5, 5.41) is 4.15. The molecule has 1 N–H and O–H groups in total. The van der Waals surface area contributed by atoms with Gasteiger partial charge in [-0.1, -0.05) is 75.6 Å². The van der Waals surface area contributed by atoms with E-state index in [4.69, 9.17) is 11.6 Å². The van der Waals surface area contributed by atoms with E-state index >= 15 is 0 Å². The summed E-state index contributed by atoms with van der Waals surface area (Å²) in [6, 6.07) is 23.1. The van der Waals surface area contributed by atoms with Crippen molar-refractivity contribution in [3.05, 3.63) is 99.0 Å². The Morgan fingerprint density at radius 2 is 1.73 bits per heavy atom. The van der Waals surface area contributed by atoms with Crippen molar-refractivity contribution >= 4 is 39.0 Å². The van der Waals surface area contributed by atoms with Crippen LogP contribution in [0.5, 0.6) is 0 Å². The molecular formula is C22H19BrClNO. The number of carbonyl (C=O) groups excluding carboxylic acids is 1. The Labute approximate surface area is 167 Å². The van der Waals surface area contributed by atoms with E-state index in [1.165, 1.54) is 0 Å². The number of ketones is 1. The van der Waals surface area contributed by atoms with Crippen LogP contribution in [0.15, 0.2) is 77.3 Å². The minimum Gasteiger partial charge on any atom is -0.378 e. The summed E-state index contributed by atoms with van der Waals surface area (Å²) in [4.78, 5) is 12.8. The molecule has 0 aromatic heterocycles. The molecule has 0 heterocycles. The Morgan fingerprint density at radius 1 is 1.04 bits per heavy atom. The Morgan fingerprint density at radius 3 is 2.38 bits per heavy atom. The fourth-order valence-corrected chi connectivity index (χ4v) is 3.29. The molecule has 3 aromatic carbocycles. The quantitative estimate of drug-likeness (QED) is 0.436. The van der Waals surface area contributed by atoms with Gasteiger partial charge in [0, 0.05) is 27.2 Å². The van der Waals surface area contributed by atoms with Crippen molar-refractivity contribution in [2.24, 2.45) is 0 Å². The maximum Gasteiger partial charge on any atom is 0.165 e. The predicted octanol–water partition coefficient (Wildman–Crippen LogP) is 6.84. The molecule has 0 bridgehead atoms. The Hall–Kier alpha value is -2.10. The van der Waals surface area contributed by atoms with Gasteiger partial charge < -0.3 is 5.32 Å². The molecular weight excluding hydrogens is 410 g/mol. The van der Waals surface area contributed by atoms with E-state index in [2.05, 4.69) is 21.2 Å². The van der Waals surface area contributed by atoms with Crippen molar-refractivity contribution in [3.8, 4) is 0 Å². The van der Waals surface area contributed by atoms with E-state index in [1.807, 2.05) is 79.7 Å². The van der Waals surface area contributed by atoms with Crippen LogP contribution < -0.4 is 5.32 Å². The topological polar surface area (TPSA) is 29.1 Å². The number of rotatable bonds is 6. The minimum atomic E-state index is -0.143. The van der Waals surface area contributed by atoms with Gasteiger partial charge in [-0.05, 0) is 42.8 Å². The standard InChI is InChI=1S/C22H19BrClNO/c1-15-5-7-17(8-6-15)22(26)14-21(16-9-11-19(24)12-10-16)25-20-4-2-3-18(23)13-20/h2-13,21,25H,14H2,1H3/t21-/m1/s1. The molecule has 0 saturated carbocycles. The van der Waals surface area contributed by atoms with Gasteiger partial charge in [0.15, 0.2) is 5.78 Å². The zero-order chi connectivity index (χ0) is 18.5. The SMILES string of the molecule is Cc1ccc(C(=O)C[C@@H](Nc2cccc(Br)c2)c2ccc(Cl)cc2)cc1. The predicted molar refractivity (Wildman–Crippen MR) is 112 cm³/mol. The molecule has 3 rings (SSSR count). The summed E-state index contributed by atoms with van der Waals surface area (Å²) in [5.74, 6) is 0.104. The third kappa shape index (κ3) is 4.96. The summed E-state index contributed by atoms with van der Waals surface area (Å²) in [7, 11) is 0. The number of anilines is 1. The molecule has 0 spiro atoms. The molecule has 0 aliphatic rings. The maximum atomic E-state index is 12.8. The van der Waals surface area contributed by atoms with E-state index in [-0.39, 0.29) is 11.8 Å². The molecule has 0 aliphatic heterocycles. The molecule has 0 saturated heterocycles. The molecule has 26 heavy (non-hydrogen) atoms. The van der Waals surface area contributed by atoms with Crippen molar-refractivity contribution in [2.75, 3.05) is 5.32 Å². The number of halogens is 2. The lowest BCUT2D eigenvalue weighted by molar-refractivity contribution is 0.0976. The molecule has 0 amide bonds. The molecule has 1 atom stereocenters. The van der Waals surface area contributed by atoms with Gasteiger partial charge >= 0.3 is 0 Å². The second-order valence-electron chi connectivity index (χ2n) is 6.25. The fraction of sp³-hybridized carbons (Fsp3) is 0.136. The van der Waals surface area contributed by atoms with Gasteiger partial charge in [0.25, 0.3) is 0 Å². The second kappa shape index (κ2) is 8.52. The summed E-state index contributed by atoms with van der Waals surface area (Å²) in [6.07, 6.45) is 0.358. The number of hydrogen-bond acceptors (Lipinski definition) is 2. The van der Waals surface area contributed by atoms with Crippen molar-refractivity contribution in [1.82, 2.24) is 0 Å². The molecule has 132 valence electrons. The average molecular weight is 429 g/mol. The van der Waals surface area contributed by atoms with E-state index in [9.17, 15) is 4.79 Å². The van der Waals surface area contributed by atoms with Crippen molar-refractivity contribution in [3.63, 3.8) is 0 Å². The van der Waals surface area contributed by atoms with E-state index in [1.54, 1.807) is 0 Å². The van der Waals surface area contributed by atoms with Crippen LogP contribution in [-0.4, -0.2) is 5.78 Å². The van der Waals surface area contributed by atoms with Gasteiger partial charge in [0.1, 0.15) is 0 Å². The number of nitrogens with one attached hydrogen (secondary N) is 1. The zero-order valence-electron chi connectivity index (χ0n) is 14.4. The van der Waals surface area contributed by atoms with Gasteiger partial charge in [-0.15, -0.1) is 0 Å². The first-order chi connectivity index (χ1) is 12.5. The van der Waals surface area contributed by atoms with Crippen LogP contribution in [0.25, 0.3) is 0 Å². The molecule has 4 heteroatoms.